The zero-order chi connectivity index (χ0) is 17.6. The summed E-state index contributed by atoms with van der Waals surface area (Å²) in [5.41, 5.74) is 2.36. The van der Waals surface area contributed by atoms with E-state index in [9.17, 15) is 9.59 Å². The molecule has 0 radical (unpaired) electrons. The van der Waals surface area contributed by atoms with Crippen LogP contribution in [-0.2, 0) is 9.59 Å². The predicted octanol–water partition coefficient (Wildman–Crippen LogP) is 3.02. The molecule has 25 heavy (non-hydrogen) atoms. The normalized spacial score (nSPS) is 17.0. The Morgan fingerprint density at radius 1 is 1.16 bits per heavy atom. The molecule has 1 atom stereocenters. The van der Waals surface area contributed by atoms with Gasteiger partial charge in [-0.1, -0.05) is 18.2 Å². The lowest BCUT2D eigenvalue weighted by Crippen LogP contribution is -2.42. The number of nitrogens with zero attached hydrogens (tertiary/aromatic N) is 2. The second-order valence-corrected chi connectivity index (χ2v) is 6.21. The van der Waals surface area contributed by atoms with Gasteiger partial charge in [0, 0.05) is 31.9 Å². The van der Waals surface area contributed by atoms with Gasteiger partial charge in [0.2, 0.25) is 11.8 Å². The molecule has 0 bridgehead atoms. The van der Waals surface area contributed by atoms with E-state index in [0.29, 0.717) is 12.2 Å². The van der Waals surface area contributed by atoms with Crippen molar-refractivity contribution >= 4 is 28.9 Å². The van der Waals surface area contributed by atoms with Crippen molar-refractivity contribution in [3.05, 3.63) is 48.8 Å². The van der Waals surface area contributed by atoms with Gasteiger partial charge >= 0.3 is 0 Å². The number of carbonyl (C=O) groups excluding carboxylic acids is 2. The van der Waals surface area contributed by atoms with Gasteiger partial charge in [-0.05, 0) is 31.0 Å². The summed E-state index contributed by atoms with van der Waals surface area (Å²) in [6, 6.07) is 11.6. The highest BCUT2D eigenvalue weighted by atomic mass is 16.2. The maximum atomic E-state index is 12.6. The molecule has 2 amide bonds. The fourth-order valence-electron chi connectivity index (χ4n) is 2.99. The molecule has 2 N–H and O–H groups in total. The number of amides is 2. The van der Waals surface area contributed by atoms with E-state index in [0.717, 1.165) is 30.8 Å². The van der Waals surface area contributed by atoms with Crippen molar-refractivity contribution < 1.29 is 9.59 Å². The number of likely N-dealkylation sites (tertiary alicyclic amines) is 1. The molecule has 0 aliphatic carbocycles. The van der Waals surface area contributed by atoms with Crippen LogP contribution in [0.1, 0.15) is 19.8 Å². The summed E-state index contributed by atoms with van der Waals surface area (Å²) < 4.78 is 0. The largest absolute Gasteiger partial charge is 0.354 e. The van der Waals surface area contributed by atoms with E-state index in [1.165, 1.54) is 0 Å². The lowest BCUT2D eigenvalue weighted by molar-refractivity contribution is -0.132. The maximum Gasteiger partial charge on any atom is 0.229 e. The van der Waals surface area contributed by atoms with E-state index in [-0.39, 0.29) is 17.7 Å². The highest BCUT2D eigenvalue weighted by Gasteiger charge is 2.27. The van der Waals surface area contributed by atoms with Gasteiger partial charge in [0.15, 0.2) is 0 Å². The van der Waals surface area contributed by atoms with Crippen LogP contribution in [0.4, 0.5) is 17.1 Å². The minimum absolute atomic E-state index is 0.0188. The predicted molar refractivity (Wildman–Crippen MR) is 97.6 cm³/mol. The molecule has 2 heterocycles. The number of pyridine rings is 1. The Hall–Kier alpha value is -2.89. The van der Waals surface area contributed by atoms with E-state index >= 15 is 0 Å². The van der Waals surface area contributed by atoms with Crippen LogP contribution in [0, 0.1) is 5.92 Å². The molecule has 0 saturated carbocycles. The van der Waals surface area contributed by atoms with Gasteiger partial charge in [0.25, 0.3) is 0 Å². The number of nitrogens with one attached hydrogen (secondary N) is 2. The van der Waals surface area contributed by atoms with Gasteiger partial charge < -0.3 is 15.5 Å². The van der Waals surface area contributed by atoms with Gasteiger partial charge in [-0.3, -0.25) is 14.6 Å². The lowest BCUT2D eigenvalue weighted by Gasteiger charge is -2.31. The number of benzene rings is 1. The Balaban J connectivity index is 1.70. The summed E-state index contributed by atoms with van der Waals surface area (Å²) in [5.74, 6) is -0.247. The Labute approximate surface area is 147 Å². The zero-order valence-corrected chi connectivity index (χ0v) is 14.2. The molecule has 1 aliphatic rings. The van der Waals surface area contributed by atoms with Crippen molar-refractivity contribution in [2.45, 2.75) is 19.8 Å². The second-order valence-electron chi connectivity index (χ2n) is 6.21. The van der Waals surface area contributed by atoms with Crippen LogP contribution in [0.3, 0.4) is 0 Å². The van der Waals surface area contributed by atoms with Crippen LogP contribution in [0.2, 0.25) is 0 Å². The summed E-state index contributed by atoms with van der Waals surface area (Å²) in [4.78, 5) is 30.0. The third-order valence-corrected chi connectivity index (χ3v) is 4.37. The zero-order valence-electron chi connectivity index (χ0n) is 14.2. The molecule has 1 aromatic carbocycles. The Bertz CT molecular complexity index is 748. The van der Waals surface area contributed by atoms with Crippen molar-refractivity contribution in [2.75, 3.05) is 23.7 Å². The molecule has 1 aliphatic heterocycles. The molecule has 130 valence electrons. The number of hydrogen-bond donors (Lipinski definition) is 2. The number of piperidine rings is 1. The highest BCUT2D eigenvalue weighted by Crippen LogP contribution is 2.26. The second kappa shape index (κ2) is 7.79. The summed E-state index contributed by atoms with van der Waals surface area (Å²) in [6.07, 6.45) is 4.95. The van der Waals surface area contributed by atoms with Gasteiger partial charge in [0.05, 0.1) is 23.5 Å². The van der Waals surface area contributed by atoms with Gasteiger partial charge in [-0.25, -0.2) is 0 Å². The smallest absolute Gasteiger partial charge is 0.229 e. The van der Waals surface area contributed by atoms with Crippen molar-refractivity contribution in [1.29, 1.82) is 0 Å². The molecule has 3 rings (SSSR count). The molecule has 6 nitrogen and oxygen atoms in total. The first-order chi connectivity index (χ1) is 12.1. The summed E-state index contributed by atoms with van der Waals surface area (Å²) in [7, 11) is 0. The van der Waals surface area contributed by atoms with Gasteiger partial charge in [0.1, 0.15) is 0 Å². The highest BCUT2D eigenvalue weighted by molar-refractivity contribution is 5.96. The van der Waals surface area contributed by atoms with Crippen LogP contribution in [-0.4, -0.2) is 34.8 Å². The third kappa shape index (κ3) is 4.35. The minimum Gasteiger partial charge on any atom is -0.354 e. The first kappa shape index (κ1) is 17.0. The van der Waals surface area contributed by atoms with Gasteiger partial charge in [-0.2, -0.15) is 0 Å². The number of aromatic nitrogens is 1. The lowest BCUT2D eigenvalue weighted by atomic mass is 9.97. The summed E-state index contributed by atoms with van der Waals surface area (Å²) in [6.45, 7) is 2.75. The Morgan fingerprint density at radius 2 is 1.96 bits per heavy atom. The molecule has 0 spiro atoms. The van der Waals surface area contributed by atoms with E-state index in [1.807, 2.05) is 36.4 Å². The maximum absolute atomic E-state index is 12.6. The summed E-state index contributed by atoms with van der Waals surface area (Å²) >= 11 is 0. The van der Waals surface area contributed by atoms with E-state index in [4.69, 9.17) is 0 Å². The number of para-hydroxylation sites is 1. The average molecular weight is 338 g/mol. The van der Waals surface area contributed by atoms with Crippen molar-refractivity contribution in [1.82, 2.24) is 9.88 Å². The fraction of sp³-hybridized carbons (Fsp3) is 0.316. The SMILES string of the molecule is CC(=O)N1CCCC(C(=O)Nc2cnccc2Nc2ccccc2)C1. The average Bonchev–Trinajstić information content (AvgIpc) is 2.64. The van der Waals surface area contributed by atoms with Gasteiger partial charge in [-0.15, -0.1) is 0 Å². The first-order valence-corrected chi connectivity index (χ1v) is 8.46. The molecular formula is C19H22N4O2. The number of hydrogen-bond acceptors (Lipinski definition) is 4. The molecule has 1 saturated heterocycles. The molecule has 1 fully saturated rings. The molecule has 2 aromatic rings. The number of rotatable bonds is 4. The summed E-state index contributed by atoms with van der Waals surface area (Å²) in [5, 5.41) is 6.25. The molecular weight excluding hydrogens is 316 g/mol. The molecule has 1 unspecified atom stereocenters. The topological polar surface area (TPSA) is 74.3 Å². The van der Waals surface area contributed by atoms with Crippen molar-refractivity contribution in [2.24, 2.45) is 5.92 Å². The van der Waals surface area contributed by atoms with E-state index < -0.39 is 0 Å². The van der Waals surface area contributed by atoms with Crippen molar-refractivity contribution in [3.8, 4) is 0 Å². The van der Waals surface area contributed by atoms with Crippen LogP contribution in [0.15, 0.2) is 48.8 Å². The Kier molecular flexibility index (Phi) is 5.28. The monoisotopic (exact) mass is 338 g/mol. The quantitative estimate of drug-likeness (QED) is 0.899. The standard InChI is InChI=1S/C19H22N4O2/c1-14(24)23-11-5-6-15(13-23)19(25)22-18-12-20-10-9-17(18)21-16-7-3-2-4-8-16/h2-4,7-10,12,15H,5-6,11,13H2,1H3,(H,20,21)(H,22,25). The Morgan fingerprint density at radius 3 is 2.72 bits per heavy atom. The fourth-order valence-corrected chi connectivity index (χ4v) is 2.99. The van der Waals surface area contributed by atoms with Crippen LogP contribution in [0.5, 0.6) is 0 Å². The van der Waals surface area contributed by atoms with Crippen LogP contribution >= 0.6 is 0 Å². The van der Waals surface area contributed by atoms with Crippen LogP contribution < -0.4 is 10.6 Å². The third-order valence-electron chi connectivity index (χ3n) is 4.37. The number of anilines is 3. The van der Waals surface area contributed by atoms with E-state index in [1.54, 1.807) is 24.2 Å². The van der Waals surface area contributed by atoms with Crippen LogP contribution in [0.25, 0.3) is 0 Å². The molecule has 6 heteroatoms. The van der Waals surface area contributed by atoms with E-state index in [2.05, 4.69) is 15.6 Å². The number of carbonyl (C=O) groups is 2. The molecule has 1 aromatic heterocycles. The van der Waals surface area contributed by atoms with Crippen molar-refractivity contribution in [3.63, 3.8) is 0 Å². The minimum atomic E-state index is -0.192. The first-order valence-electron chi connectivity index (χ1n) is 8.46.